The van der Waals surface area contributed by atoms with Gasteiger partial charge in [-0.2, -0.15) is 0 Å². The van der Waals surface area contributed by atoms with Crippen molar-refractivity contribution >= 4 is 12.4 Å². The van der Waals surface area contributed by atoms with Crippen molar-refractivity contribution in [3.05, 3.63) is 35.9 Å². The average molecular weight is 214 g/mol. The fraction of sp³-hybridized carbons (Fsp3) is 0.500. The molecule has 0 aliphatic heterocycles. The predicted octanol–water partition coefficient (Wildman–Crippen LogP) is 3.02. The molecule has 0 bridgehead atoms. The Morgan fingerprint density at radius 3 is 2.29 bits per heavy atom. The zero-order valence-corrected chi connectivity index (χ0v) is 9.76. The fourth-order valence-corrected chi connectivity index (χ4v) is 1.54. The van der Waals surface area contributed by atoms with Crippen LogP contribution in [0.5, 0.6) is 0 Å². The lowest BCUT2D eigenvalue weighted by Gasteiger charge is -2.17. The van der Waals surface area contributed by atoms with Crippen molar-refractivity contribution in [2.24, 2.45) is 11.7 Å². The Labute approximate surface area is 93.1 Å². The Kier molecular flexibility index (Phi) is 6.60. The molecular weight excluding hydrogens is 194 g/mol. The maximum atomic E-state index is 5.96. The van der Waals surface area contributed by atoms with E-state index < -0.39 is 0 Å². The summed E-state index contributed by atoms with van der Waals surface area (Å²) in [6, 6.07) is 10.9. The van der Waals surface area contributed by atoms with Crippen LogP contribution in [-0.4, -0.2) is 6.04 Å². The molecule has 1 aromatic carbocycles. The number of hydrogen-bond donors (Lipinski definition) is 1. The summed E-state index contributed by atoms with van der Waals surface area (Å²) in [4.78, 5) is 0. The quantitative estimate of drug-likeness (QED) is 0.818. The summed E-state index contributed by atoms with van der Waals surface area (Å²) in [6.07, 6.45) is 2.16. The normalized spacial score (nSPS) is 14.2. The number of rotatable bonds is 4. The molecule has 2 N–H and O–H groups in total. The van der Waals surface area contributed by atoms with Gasteiger partial charge >= 0.3 is 0 Å². The lowest BCUT2D eigenvalue weighted by molar-refractivity contribution is 0.442. The topological polar surface area (TPSA) is 26.0 Å². The van der Waals surface area contributed by atoms with Gasteiger partial charge in [0.25, 0.3) is 0 Å². The van der Waals surface area contributed by atoms with E-state index in [1.807, 2.05) is 6.07 Å². The molecule has 0 aromatic heterocycles. The average Bonchev–Trinajstić information content (AvgIpc) is 2.18. The highest BCUT2D eigenvalue weighted by Crippen LogP contribution is 2.12. The smallest absolute Gasteiger partial charge is 0.00650 e. The van der Waals surface area contributed by atoms with Crippen molar-refractivity contribution in [1.29, 1.82) is 0 Å². The van der Waals surface area contributed by atoms with Crippen molar-refractivity contribution in [3.8, 4) is 0 Å². The fourth-order valence-electron chi connectivity index (χ4n) is 1.54. The molecule has 1 rings (SSSR count). The van der Waals surface area contributed by atoms with Crippen molar-refractivity contribution in [3.63, 3.8) is 0 Å². The molecule has 0 heterocycles. The summed E-state index contributed by atoms with van der Waals surface area (Å²) < 4.78 is 0. The number of hydrogen-bond acceptors (Lipinski definition) is 1. The monoisotopic (exact) mass is 213 g/mol. The van der Waals surface area contributed by atoms with Crippen LogP contribution in [0.2, 0.25) is 0 Å². The molecule has 80 valence electrons. The second-order valence-electron chi connectivity index (χ2n) is 3.74. The molecule has 0 amide bonds. The first-order valence-corrected chi connectivity index (χ1v) is 5.03. The minimum Gasteiger partial charge on any atom is -0.327 e. The van der Waals surface area contributed by atoms with E-state index in [4.69, 9.17) is 5.73 Å². The molecule has 0 spiro atoms. The van der Waals surface area contributed by atoms with Gasteiger partial charge in [0.1, 0.15) is 0 Å². The molecule has 2 unspecified atom stereocenters. The van der Waals surface area contributed by atoms with Crippen LogP contribution in [0.4, 0.5) is 0 Å². The first-order valence-electron chi connectivity index (χ1n) is 5.03. The van der Waals surface area contributed by atoms with Gasteiger partial charge in [-0.05, 0) is 24.3 Å². The Bertz CT molecular complexity index is 235. The van der Waals surface area contributed by atoms with Crippen LogP contribution in [0, 0.1) is 5.92 Å². The standard InChI is InChI=1S/C12H19N.ClH/c1-3-12(13)10(2)9-11-7-5-4-6-8-11;/h4-8,10,12H,3,9,13H2,1-2H3;1H. The van der Waals surface area contributed by atoms with Crippen LogP contribution in [0.3, 0.4) is 0 Å². The van der Waals surface area contributed by atoms with E-state index in [-0.39, 0.29) is 12.4 Å². The van der Waals surface area contributed by atoms with Crippen LogP contribution in [0.15, 0.2) is 30.3 Å². The first kappa shape index (κ1) is 13.5. The van der Waals surface area contributed by atoms with Gasteiger partial charge in [0.2, 0.25) is 0 Å². The zero-order valence-electron chi connectivity index (χ0n) is 8.94. The van der Waals surface area contributed by atoms with E-state index >= 15 is 0 Å². The lowest BCUT2D eigenvalue weighted by atomic mass is 9.93. The molecule has 0 saturated heterocycles. The van der Waals surface area contributed by atoms with E-state index in [9.17, 15) is 0 Å². The minimum absolute atomic E-state index is 0. The van der Waals surface area contributed by atoms with Gasteiger partial charge in [-0.25, -0.2) is 0 Å². The highest BCUT2D eigenvalue weighted by molar-refractivity contribution is 5.85. The van der Waals surface area contributed by atoms with Gasteiger partial charge in [0.15, 0.2) is 0 Å². The Balaban J connectivity index is 0.00000169. The SMILES string of the molecule is CCC(N)C(C)Cc1ccccc1.Cl. The Hall–Kier alpha value is -0.530. The van der Waals surface area contributed by atoms with Crippen molar-refractivity contribution < 1.29 is 0 Å². The molecule has 2 heteroatoms. The van der Waals surface area contributed by atoms with Crippen LogP contribution in [0.25, 0.3) is 0 Å². The van der Waals surface area contributed by atoms with Crippen LogP contribution in [-0.2, 0) is 6.42 Å². The first-order chi connectivity index (χ1) is 6.24. The Morgan fingerprint density at radius 1 is 1.21 bits per heavy atom. The number of benzene rings is 1. The molecule has 0 saturated carbocycles. The molecule has 14 heavy (non-hydrogen) atoms. The third-order valence-corrected chi connectivity index (χ3v) is 2.60. The van der Waals surface area contributed by atoms with Crippen molar-refractivity contribution in [2.45, 2.75) is 32.7 Å². The molecule has 2 atom stereocenters. The van der Waals surface area contributed by atoms with E-state index in [1.165, 1.54) is 5.56 Å². The van der Waals surface area contributed by atoms with E-state index in [1.54, 1.807) is 0 Å². The van der Waals surface area contributed by atoms with Gasteiger partial charge in [-0.3, -0.25) is 0 Å². The summed E-state index contributed by atoms with van der Waals surface area (Å²) in [5.74, 6) is 0.576. The third-order valence-electron chi connectivity index (χ3n) is 2.60. The van der Waals surface area contributed by atoms with Gasteiger partial charge in [0.05, 0.1) is 0 Å². The second kappa shape index (κ2) is 6.86. The van der Waals surface area contributed by atoms with Gasteiger partial charge in [-0.1, -0.05) is 44.2 Å². The maximum absolute atomic E-state index is 5.96. The number of halogens is 1. The molecule has 0 radical (unpaired) electrons. The van der Waals surface area contributed by atoms with Gasteiger partial charge in [-0.15, -0.1) is 12.4 Å². The lowest BCUT2D eigenvalue weighted by Crippen LogP contribution is -2.28. The predicted molar refractivity (Wildman–Crippen MR) is 64.8 cm³/mol. The summed E-state index contributed by atoms with van der Waals surface area (Å²) in [5, 5.41) is 0. The zero-order chi connectivity index (χ0) is 9.68. The third kappa shape index (κ3) is 4.12. The highest BCUT2D eigenvalue weighted by atomic mass is 35.5. The molecule has 0 aliphatic carbocycles. The summed E-state index contributed by atoms with van der Waals surface area (Å²) in [7, 11) is 0. The maximum Gasteiger partial charge on any atom is 0.00650 e. The van der Waals surface area contributed by atoms with E-state index in [0.717, 1.165) is 12.8 Å². The van der Waals surface area contributed by atoms with Crippen LogP contribution >= 0.6 is 12.4 Å². The highest BCUT2D eigenvalue weighted by Gasteiger charge is 2.10. The van der Waals surface area contributed by atoms with E-state index in [2.05, 4.69) is 38.1 Å². The summed E-state index contributed by atoms with van der Waals surface area (Å²) in [5.41, 5.74) is 7.35. The Morgan fingerprint density at radius 2 is 1.79 bits per heavy atom. The van der Waals surface area contributed by atoms with Crippen LogP contribution < -0.4 is 5.73 Å². The van der Waals surface area contributed by atoms with Crippen molar-refractivity contribution in [1.82, 2.24) is 0 Å². The summed E-state index contributed by atoms with van der Waals surface area (Å²) >= 11 is 0. The molecule has 1 aromatic rings. The van der Waals surface area contributed by atoms with Crippen molar-refractivity contribution in [2.75, 3.05) is 0 Å². The van der Waals surface area contributed by atoms with E-state index in [0.29, 0.717) is 12.0 Å². The molecule has 0 fully saturated rings. The summed E-state index contributed by atoms with van der Waals surface area (Å²) in [6.45, 7) is 4.37. The molecule has 0 aliphatic rings. The van der Waals surface area contributed by atoms with Gasteiger partial charge in [0, 0.05) is 6.04 Å². The molecule has 1 nitrogen and oxygen atoms in total. The minimum atomic E-state index is 0. The second-order valence-corrected chi connectivity index (χ2v) is 3.74. The van der Waals surface area contributed by atoms with Gasteiger partial charge < -0.3 is 5.73 Å². The molecular formula is C12H20ClN. The number of nitrogens with two attached hydrogens (primary N) is 1. The largest absolute Gasteiger partial charge is 0.327 e. The van der Waals surface area contributed by atoms with Crippen LogP contribution in [0.1, 0.15) is 25.8 Å².